The number of ether oxygens (including phenoxy) is 1. The molecule has 0 aliphatic rings. The molecule has 3 rings (SSSR count). The van der Waals surface area contributed by atoms with Gasteiger partial charge in [0.2, 0.25) is 0 Å². The summed E-state index contributed by atoms with van der Waals surface area (Å²) in [6.07, 6.45) is -3.76. The van der Waals surface area contributed by atoms with E-state index in [1.54, 1.807) is 4.57 Å². The van der Waals surface area contributed by atoms with Gasteiger partial charge in [0.15, 0.2) is 0 Å². The standard InChI is InChI=1S/C15H13F3N4O2/c16-15(17,18)24-10-5-6-13(20-9-10)19-7-8-22-12-4-2-1-3-11(12)21-14(22)23/h1-6,9H,7-8H2,(H,19,20)(H,21,23). The maximum absolute atomic E-state index is 12.1. The van der Waals surface area contributed by atoms with Gasteiger partial charge in [-0.15, -0.1) is 13.2 Å². The summed E-state index contributed by atoms with van der Waals surface area (Å²) in [7, 11) is 0. The number of halogens is 3. The van der Waals surface area contributed by atoms with Gasteiger partial charge in [0, 0.05) is 13.1 Å². The van der Waals surface area contributed by atoms with E-state index in [2.05, 4.69) is 20.0 Å². The van der Waals surface area contributed by atoms with Crippen LogP contribution in [0.4, 0.5) is 19.0 Å². The molecule has 0 bridgehead atoms. The van der Waals surface area contributed by atoms with Gasteiger partial charge in [0.25, 0.3) is 0 Å². The highest BCUT2D eigenvalue weighted by Crippen LogP contribution is 2.22. The first kappa shape index (κ1) is 15.9. The van der Waals surface area contributed by atoms with E-state index in [-0.39, 0.29) is 11.4 Å². The lowest BCUT2D eigenvalue weighted by molar-refractivity contribution is -0.274. The van der Waals surface area contributed by atoms with E-state index < -0.39 is 6.36 Å². The number of imidazole rings is 1. The van der Waals surface area contributed by atoms with E-state index >= 15 is 0 Å². The van der Waals surface area contributed by atoms with Gasteiger partial charge in [0.1, 0.15) is 11.6 Å². The van der Waals surface area contributed by atoms with E-state index in [1.165, 1.54) is 12.1 Å². The minimum absolute atomic E-state index is 0.222. The third kappa shape index (κ3) is 3.67. The van der Waals surface area contributed by atoms with Crippen LogP contribution in [0.3, 0.4) is 0 Å². The van der Waals surface area contributed by atoms with Crippen molar-refractivity contribution in [2.24, 2.45) is 0 Å². The van der Waals surface area contributed by atoms with Gasteiger partial charge < -0.3 is 15.0 Å². The van der Waals surface area contributed by atoms with Crippen LogP contribution in [0, 0.1) is 0 Å². The quantitative estimate of drug-likeness (QED) is 0.750. The van der Waals surface area contributed by atoms with E-state index in [0.717, 1.165) is 17.2 Å². The number of hydrogen-bond donors (Lipinski definition) is 2. The van der Waals surface area contributed by atoms with Crippen LogP contribution in [0.1, 0.15) is 0 Å². The smallest absolute Gasteiger partial charge is 0.404 e. The molecule has 0 saturated carbocycles. The first-order chi connectivity index (χ1) is 11.4. The molecule has 0 unspecified atom stereocenters. The van der Waals surface area contributed by atoms with E-state index in [1.807, 2.05) is 24.3 Å². The second-order valence-corrected chi connectivity index (χ2v) is 4.95. The number of nitrogens with one attached hydrogen (secondary N) is 2. The molecule has 0 saturated heterocycles. The summed E-state index contributed by atoms with van der Waals surface area (Å²) in [5.41, 5.74) is 1.31. The number of rotatable bonds is 5. The third-order valence-electron chi connectivity index (χ3n) is 3.29. The van der Waals surface area contributed by atoms with Crippen LogP contribution in [0.2, 0.25) is 0 Å². The zero-order chi connectivity index (χ0) is 17.2. The molecule has 126 valence electrons. The molecular weight excluding hydrogens is 325 g/mol. The Morgan fingerprint density at radius 1 is 1.21 bits per heavy atom. The van der Waals surface area contributed by atoms with E-state index in [9.17, 15) is 18.0 Å². The number of benzene rings is 1. The summed E-state index contributed by atoms with van der Waals surface area (Å²) < 4.78 is 41.5. The maximum Gasteiger partial charge on any atom is 0.573 e. The molecule has 0 fully saturated rings. The van der Waals surface area contributed by atoms with Crippen LogP contribution in [-0.4, -0.2) is 27.4 Å². The van der Waals surface area contributed by atoms with Crippen molar-refractivity contribution in [3.8, 4) is 5.75 Å². The van der Waals surface area contributed by atoms with Gasteiger partial charge in [-0.05, 0) is 24.3 Å². The predicted octanol–water partition coefficient (Wildman–Crippen LogP) is 2.74. The maximum atomic E-state index is 12.1. The number of para-hydroxylation sites is 2. The fourth-order valence-corrected chi connectivity index (χ4v) is 2.30. The number of anilines is 1. The van der Waals surface area contributed by atoms with Gasteiger partial charge in [-0.1, -0.05) is 12.1 Å². The molecule has 0 amide bonds. The zero-order valence-corrected chi connectivity index (χ0v) is 12.3. The Hall–Kier alpha value is -2.97. The van der Waals surface area contributed by atoms with Gasteiger partial charge in [-0.3, -0.25) is 4.57 Å². The lowest BCUT2D eigenvalue weighted by Gasteiger charge is -2.10. The first-order valence-electron chi connectivity index (χ1n) is 7.05. The number of nitrogens with zero attached hydrogens (tertiary/aromatic N) is 2. The third-order valence-corrected chi connectivity index (χ3v) is 3.29. The van der Waals surface area contributed by atoms with Crippen molar-refractivity contribution in [2.75, 3.05) is 11.9 Å². The van der Waals surface area contributed by atoms with Crippen molar-refractivity contribution in [2.45, 2.75) is 12.9 Å². The lowest BCUT2D eigenvalue weighted by atomic mass is 10.3. The lowest BCUT2D eigenvalue weighted by Crippen LogP contribution is -2.21. The van der Waals surface area contributed by atoms with Crippen molar-refractivity contribution < 1.29 is 17.9 Å². The highest BCUT2D eigenvalue weighted by Gasteiger charge is 2.31. The molecule has 0 aliphatic carbocycles. The Morgan fingerprint density at radius 3 is 2.71 bits per heavy atom. The Labute approximate surface area is 133 Å². The fourth-order valence-electron chi connectivity index (χ4n) is 2.30. The topological polar surface area (TPSA) is 71.9 Å². The highest BCUT2D eigenvalue weighted by molar-refractivity contribution is 5.74. The van der Waals surface area contributed by atoms with Crippen LogP contribution < -0.4 is 15.7 Å². The molecule has 6 nitrogen and oxygen atoms in total. The van der Waals surface area contributed by atoms with Gasteiger partial charge in [-0.25, -0.2) is 9.78 Å². The summed E-state index contributed by atoms with van der Waals surface area (Å²) >= 11 is 0. The minimum Gasteiger partial charge on any atom is -0.404 e. The summed E-state index contributed by atoms with van der Waals surface area (Å²) in [4.78, 5) is 18.5. The highest BCUT2D eigenvalue weighted by atomic mass is 19.4. The monoisotopic (exact) mass is 338 g/mol. The van der Waals surface area contributed by atoms with Crippen molar-refractivity contribution in [1.29, 1.82) is 0 Å². The Balaban J connectivity index is 1.62. The Morgan fingerprint density at radius 2 is 2.00 bits per heavy atom. The summed E-state index contributed by atoms with van der Waals surface area (Å²) in [5, 5.41) is 2.94. The first-order valence-corrected chi connectivity index (χ1v) is 7.05. The van der Waals surface area contributed by atoms with Crippen LogP contribution in [0.25, 0.3) is 11.0 Å². The number of alkyl halides is 3. The number of fused-ring (bicyclic) bond motifs is 1. The predicted molar refractivity (Wildman–Crippen MR) is 82.0 cm³/mol. The molecular formula is C15H13F3N4O2. The molecule has 2 heterocycles. The molecule has 3 aromatic rings. The molecule has 0 atom stereocenters. The van der Waals surface area contributed by atoms with Crippen LogP contribution in [0.5, 0.6) is 5.75 Å². The normalized spacial score (nSPS) is 11.6. The SMILES string of the molecule is O=c1[nH]c2ccccc2n1CCNc1ccc(OC(F)(F)F)cn1. The van der Waals surface area contributed by atoms with Crippen molar-refractivity contribution in [1.82, 2.24) is 14.5 Å². The summed E-state index contributed by atoms with van der Waals surface area (Å²) in [6, 6.07) is 9.84. The zero-order valence-electron chi connectivity index (χ0n) is 12.3. The minimum atomic E-state index is -4.74. The second-order valence-electron chi connectivity index (χ2n) is 4.95. The summed E-state index contributed by atoms with van der Waals surface area (Å²) in [6.45, 7) is 0.763. The second kappa shape index (κ2) is 6.26. The van der Waals surface area contributed by atoms with Crippen LogP contribution in [0.15, 0.2) is 47.4 Å². The number of aromatic amines is 1. The molecule has 2 N–H and O–H groups in total. The fraction of sp³-hybridized carbons (Fsp3) is 0.200. The molecule has 0 aliphatic heterocycles. The average Bonchev–Trinajstić information content (AvgIpc) is 2.83. The Kier molecular flexibility index (Phi) is 4.15. The molecule has 1 aromatic carbocycles. The molecule has 9 heteroatoms. The number of aromatic nitrogens is 3. The van der Waals surface area contributed by atoms with Crippen molar-refractivity contribution >= 4 is 16.9 Å². The molecule has 0 spiro atoms. The number of hydrogen-bond acceptors (Lipinski definition) is 4. The Bertz CT molecular complexity index is 884. The number of pyridine rings is 1. The van der Waals surface area contributed by atoms with Gasteiger partial charge >= 0.3 is 12.1 Å². The largest absolute Gasteiger partial charge is 0.573 e. The molecule has 24 heavy (non-hydrogen) atoms. The van der Waals surface area contributed by atoms with E-state index in [4.69, 9.17) is 0 Å². The molecule has 2 aromatic heterocycles. The summed E-state index contributed by atoms with van der Waals surface area (Å²) in [5.74, 6) is -0.00156. The average molecular weight is 338 g/mol. The van der Waals surface area contributed by atoms with Gasteiger partial charge in [-0.2, -0.15) is 0 Å². The number of H-pyrrole nitrogens is 1. The van der Waals surface area contributed by atoms with Gasteiger partial charge in [0.05, 0.1) is 17.2 Å². The van der Waals surface area contributed by atoms with Crippen molar-refractivity contribution in [3.05, 3.63) is 53.1 Å². The van der Waals surface area contributed by atoms with Crippen LogP contribution in [-0.2, 0) is 6.54 Å². The van der Waals surface area contributed by atoms with Crippen molar-refractivity contribution in [3.63, 3.8) is 0 Å². The van der Waals surface area contributed by atoms with Crippen LogP contribution >= 0.6 is 0 Å². The van der Waals surface area contributed by atoms with E-state index in [0.29, 0.717) is 18.9 Å². The molecule has 0 radical (unpaired) electrons.